The van der Waals surface area contributed by atoms with Crippen molar-refractivity contribution < 1.29 is 19.7 Å². The Morgan fingerprint density at radius 1 is 1.07 bits per heavy atom. The van der Waals surface area contributed by atoms with Gasteiger partial charge in [-0.3, -0.25) is 9.59 Å². The first-order chi connectivity index (χ1) is 21.2. The zero-order valence-corrected chi connectivity index (χ0v) is 27.8. The first-order valence-electron chi connectivity index (χ1n) is 16.2. The van der Waals surface area contributed by atoms with Crippen LogP contribution in [0.1, 0.15) is 89.6 Å². The molecule has 2 aliphatic rings. The van der Waals surface area contributed by atoms with Crippen molar-refractivity contribution in [2.75, 3.05) is 52.4 Å². The maximum Gasteiger partial charge on any atom is 0.305 e. The lowest BCUT2D eigenvalue weighted by molar-refractivity contribution is -0.127. The van der Waals surface area contributed by atoms with Crippen LogP contribution in [0.3, 0.4) is 0 Å². The minimum atomic E-state index is -0.728. The number of aromatic amines is 1. The number of thiazole rings is 1. The van der Waals surface area contributed by atoms with Gasteiger partial charge in [0.25, 0.3) is 5.91 Å². The number of aliphatic hydroxyl groups is 1. The van der Waals surface area contributed by atoms with Crippen LogP contribution in [-0.4, -0.2) is 88.9 Å². The van der Waals surface area contributed by atoms with Crippen molar-refractivity contribution in [3.8, 4) is 5.75 Å². The summed E-state index contributed by atoms with van der Waals surface area (Å²) < 4.78 is 6.93. The fourth-order valence-electron chi connectivity index (χ4n) is 6.64. The van der Waals surface area contributed by atoms with E-state index in [-0.39, 0.29) is 22.1 Å². The second-order valence-electron chi connectivity index (χ2n) is 12.5. The maximum absolute atomic E-state index is 13.2. The average Bonchev–Trinajstić information content (AvgIpc) is 3.57. The minimum Gasteiger partial charge on any atom is -0.506 e. The number of phenolic OH excluding ortho intramolecular Hbond substituents is 1. The molecule has 0 radical (unpaired) electrons. The number of rotatable bonds is 14. The molecule has 44 heavy (non-hydrogen) atoms. The van der Waals surface area contributed by atoms with E-state index in [1.807, 2.05) is 17.9 Å². The molecule has 4 heterocycles. The second kappa shape index (κ2) is 15.3. The summed E-state index contributed by atoms with van der Waals surface area (Å²) in [7, 11) is 0. The van der Waals surface area contributed by atoms with Gasteiger partial charge in [-0.25, -0.2) is 0 Å². The van der Waals surface area contributed by atoms with Crippen molar-refractivity contribution in [3.63, 3.8) is 0 Å². The van der Waals surface area contributed by atoms with Gasteiger partial charge < -0.3 is 35.1 Å². The molecule has 2 saturated heterocycles. The highest BCUT2D eigenvalue weighted by molar-refractivity contribution is 7.16. The predicted octanol–water partition coefficient (Wildman–Crippen LogP) is 5.33. The number of H-pyrrole nitrogens is 1. The number of aromatic hydroxyl groups is 1. The van der Waals surface area contributed by atoms with Gasteiger partial charge >= 0.3 is 4.87 Å². The Hall–Kier alpha value is -2.28. The SMILES string of the molecule is Cc1cc(C(=O)N2CCOC3(CCN(CCCCCCCCCNCC(O)c4ccc(O)c5[nH]c(=O)sc45)CC3)C2)c(C)s1. The number of carbonyl (C=O) groups is 1. The smallest absolute Gasteiger partial charge is 0.305 e. The Morgan fingerprint density at radius 2 is 1.80 bits per heavy atom. The van der Waals surface area contributed by atoms with E-state index in [1.165, 1.54) is 49.5 Å². The summed E-state index contributed by atoms with van der Waals surface area (Å²) in [5, 5.41) is 23.9. The number of amides is 1. The minimum absolute atomic E-state index is 0.0263. The number of benzene rings is 1. The summed E-state index contributed by atoms with van der Waals surface area (Å²) in [6.45, 7) is 10.6. The Bertz CT molecular complexity index is 1440. The third kappa shape index (κ3) is 8.30. The lowest BCUT2D eigenvalue weighted by Crippen LogP contribution is -2.58. The van der Waals surface area contributed by atoms with E-state index in [2.05, 4.69) is 22.1 Å². The monoisotopic (exact) mass is 644 g/mol. The fourth-order valence-corrected chi connectivity index (χ4v) is 8.47. The number of aliphatic hydroxyl groups excluding tert-OH is 1. The number of likely N-dealkylation sites (tertiary alicyclic amines) is 1. The third-order valence-electron chi connectivity index (χ3n) is 9.19. The number of aryl methyl sites for hydroxylation is 2. The molecule has 0 saturated carbocycles. The summed E-state index contributed by atoms with van der Waals surface area (Å²) in [5.41, 5.74) is 1.74. The fraction of sp³-hybridized carbons (Fsp3) is 0.636. The molecular formula is C33H48N4O5S2. The number of phenols is 1. The normalized spacial score (nSPS) is 17.9. The van der Waals surface area contributed by atoms with E-state index < -0.39 is 6.10 Å². The largest absolute Gasteiger partial charge is 0.506 e. The number of thiophene rings is 1. The van der Waals surface area contributed by atoms with Crippen molar-refractivity contribution in [1.29, 1.82) is 0 Å². The molecule has 9 nitrogen and oxygen atoms in total. The Labute approximate surface area is 268 Å². The van der Waals surface area contributed by atoms with E-state index in [1.54, 1.807) is 17.4 Å². The van der Waals surface area contributed by atoms with Gasteiger partial charge in [-0.05, 0) is 64.8 Å². The highest BCUT2D eigenvalue weighted by atomic mass is 32.1. The number of unbranched alkanes of at least 4 members (excludes halogenated alkanes) is 6. The number of hydrogen-bond donors (Lipinski definition) is 4. The average molecular weight is 645 g/mol. The van der Waals surface area contributed by atoms with Crippen LogP contribution in [0.25, 0.3) is 10.2 Å². The molecule has 2 aliphatic heterocycles. The number of hydrogen-bond acceptors (Lipinski definition) is 9. The zero-order valence-electron chi connectivity index (χ0n) is 26.2. The van der Waals surface area contributed by atoms with Gasteiger partial charge in [0.2, 0.25) is 0 Å². The lowest BCUT2D eigenvalue weighted by atomic mass is 9.89. The molecule has 1 amide bonds. The van der Waals surface area contributed by atoms with Gasteiger partial charge in [0.05, 0.1) is 35.1 Å². The predicted molar refractivity (Wildman–Crippen MR) is 178 cm³/mol. The Kier molecular flexibility index (Phi) is 11.5. The number of fused-ring (bicyclic) bond motifs is 1. The molecule has 1 spiro atoms. The van der Waals surface area contributed by atoms with Crippen LogP contribution in [0, 0.1) is 13.8 Å². The highest BCUT2D eigenvalue weighted by Gasteiger charge is 2.41. The third-order valence-corrected chi connectivity index (χ3v) is 11.1. The van der Waals surface area contributed by atoms with Gasteiger partial charge in [-0.1, -0.05) is 49.5 Å². The van der Waals surface area contributed by atoms with Crippen LogP contribution >= 0.6 is 22.7 Å². The first kappa shape index (κ1) is 33.1. The van der Waals surface area contributed by atoms with Crippen LogP contribution < -0.4 is 10.2 Å². The highest BCUT2D eigenvalue weighted by Crippen LogP contribution is 2.33. The first-order valence-corrected chi connectivity index (χ1v) is 17.8. The summed E-state index contributed by atoms with van der Waals surface area (Å²) >= 11 is 2.71. The number of ether oxygens (including phenoxy) is 1. The van der Waals surface area contributed by atoms with Gasteiger partial charge in [-0.15, -0.1) is 11.3 Å². The van der Waals surface area contributed by atoms with Crippen LogP contribution in [0.5, 0.6) is 5.75 Å². The van der Waals surface area contributed by atoms with E-state index in [0.717, 1.165) is 67.2 Å². The molecule has 2 fully saturated rings. The summed E-state index contributed by atoms with van der Waals surface area (Å²) in [6, 6.07) is 5.24. The van der Waals surface area contributed by atoms with Crippen molar-refractivity contribution in [3.05, 3.63) is 48.7 Å². The van der Waals surface area contributed by atoms with E-state index in [9.17, 15) is 19.8 Å². The molecule has 1 unspecified atom stereocenters. The van der Waals surface area contributed by atoms with Crippen molar-refractivity contribution >= 4 is 38.8 Å². The quantitative estimate of drug-likeness (QED) is 0.175. The van der Waals surface area contributed by atoms with Crippen molar-refractivity contribution in [1.82, 2.24) is 20.1 Å². The molecule has 4 N–H and O–H groups in total. The van der Waals surface area contributed by atoms with Crippen molar-refractivity contribution in [2.24, 2.45) is 0 Å². The molecule has 1 atom stereocenters. The molecular weight excluding hydrogens is 597 g/mol. The Balaban J connectivity index is 0.891. The number of aromatic nitrogens is 1. The van der Waals surface area contributed by atoms with Gasteiger partial charge in [-0.2, -0.15) is 0 Å². The topological polar surface area (TPSA) is 118 Å². The molecule has 5 rings (SSSR count). The summed E-state index contributed by atoms with van der Waals surface area (Å²) in [4.78, 5) is 34.2. The van der Waals surface area contributed by atoms with Crippen LogP contribution in [-0.2, 0) is 4.74 Å². The number of carbonyl (C=O) groups excluding carboxylic acids is 1. The zero-order chi connectivity index (χ0) is 31.1. The maximum atomic E-state index is 13.2. The second-order valence-corrected chi connectivity index (χ2v) is 15.0. The molecule has 11 heteroatoms. The van der Waals surface area contributed by atoms with E-state index in [4.69, 9.17) is 4.74 Å². The van der Waals surface area contributed by atoms with Gasteiger partial charge in [0.1, 0.15) is 11.3 Å². The standard InChI is InChI=1S/C33H48N4O5S2/c1-23-20-26(24(2)43-23)31(40)37-18-19-42-33(22-37)12-16-36(17-13-33)15-9-7-5-3-4-6-8-14-34-21-28(39)25-10-11-27(38)29-30(25)44-32(41)35-29/h10-11,20,28,34,38-39H,3-9,12-19,21-22H2,1-2H3,(H,35,41). The molecule has 0 aliphatic carbocycles. The number of nitrogens with zero attached hydrogens (tertiary/aromatic N) is 2. The number of morpholine rings is 1. The van der Waals surface area contributed by atoms with Gasteiger partial charge in [0, 0.05) is 41.5 Å². The van der Waals surface area contributed by atoms with E-state index >= 15 is 0 Å². The molecule has 1 aromatic carbocycles. The molecule has 0 bridgehead atoms. The summed E-state index contributed by atoms with van der Waals surface area (Å²) in [6.07, 6.45) is 9.75. The number of nitrogens with one attached hydrogen (secondary N) is 2. The van der Waals surface area contributed by atoms with Crippen molar-refractivity contribution in [2.45, 2.75) is 83.3 Å². The number of piperidine rings is 1. The lowest BCUT2D eigenvalue weighted by Gasteiger charge is -2.47. The molecule has 242 valence electrons. The summed E-state index contributed by atoms with van der Waals surface area (Å²) in [5.74, 6) is 0.190. The van der Waals surface area contributed by atoms with Crippen LogP contribution in [0.15, 0.2) is 23.0 Å². The molecule has 3 aromatic rings. The van der Waals surface area contributed by atoms with Crippen LogP contribution in [0.4, 0.5) is 0 Å². The molecule has 2 aromatic heterocycles. The van der Waals surface area contributed by atoms with Gasteiger partial charge in [0.15, 0.2) is 0 Å². The Morgan fingerprint density at radius 3 is 2.52 bits per heavy atom. The van der Waals surface area contributed by atoms with Crippen LogP contribution in [0.2, 0.25) is 0 Å². The van der Waals surface area contributed by atoms with E-state index in [0.29, 0.717) is 42.0 Å².